The normalized spacial score (nSPS) is 10.3. The number of methoxy groups -OCH3 is 1. The second-order valence-corrected chi connectivity index (χ2v) is 5.15. The molecule has 0 aliphatic carbocycles. The van der Waals surface area contributed by atoms with Gasteiger partial charge in [0.25, 0.3) is 5.69 Å². The summed E-state index contributed by atoms with van der Waals surface area (Å²) in [5.41, 5.74) is 4.44. The molecule has 2 N–H and O–H groups in total. The van der Waals surface area contributed by atoms with Crippen molar-refractivity contribution in [2.45, 2.75) is 0 Å². The minimum absolute atomic E-state index is 0.0118. The third kappa shape index (κ3) is 5.36. The van der Waals surface area contributed by atoms with Gasteiger partial charge in [0.15, 0.2) is 5.11 Å². The zero-order chi connectivity index (χ0) is 18.2. The average Bonchev–Trinajstić information content (AvgIpc) is 2.62. The predicted molar refractivity (Wildman–Crippen MR) is 97.8 cm³/mol. The van der Waals surface area contributed by atoms with Crippen LogP contribution in [0.3, 0.4) is 0 Å². The summed E-state index contributed by atoms with van der Waals surface area (Å²) in [4.78, 5) is 21.4. The molecule has 0 fully saturated rings. The van der Waals surface area contributed by atoms with Crippen LogP contribution in [0, 0.1) is 10.1 Å². The van der Waals surface area contributed by atoms with Gasteiger partial charge in [-0.3, -0.25) is 15.5 Å². The molecule has 2 aromatic carbocycles. The lowest BCUT2D eigenvalue weighted by Crippen LogP contribution is -2.23. The van der Waals surface area contributed by atoms with E-state index in [0.29, 0.717) is 16.8 Å². The van der Waals surface area contributed by atoms with Gasteiger partial charge in [0, 0.05) is 17.8 Å². The molecule has 0 aliphatic heterocycles. The van der Waals surface area contributed by atoms with Crippen molar-refractivity contribution in [2.24, 2.45) is 5.10 Å². The zero-order valence-electron chi connectivity index (χ0n) is 13.1. The number of anilines is 1. The molecule has 0 bridgehead atoms. The summed E-state index contributed by atoms with van der Waals surface area (Å²) in [6, 6.07) is 12.5. The molecule has 8 nitrogen and oxygen atoms in total. The quantitative estimate of drug-likeness (QED) is 0.278. The third-order valence-electron chi connectivity index (χ3n) is 3.05. The summed E-state index contributed by atoms with van der Waals surface area (Å²) in [7, 11) is 1.32. The highest BCUT2D eigenvalue weighted by atomic mass is 32.1. The van der Waals surface area contributed by atoms with E-state index in [1.807, 2.05) is 0 Å². The number of nitro groups is 1. The van der Waals surface area contributed by atoms with Gasteiger partial charge in [0.1, 0.15) is 0 Å². The minimum Gasteiger partial charge on any atom is -0.465 e. The molecule has 128 valence electrons. The monoisotopic (exact) mass is 358 g/mol. The molecule has 0 radical (unpaired) electrons. The first-order valence-corrected chi connectivity index (χ1v) is 7.43. The van der Waals surface area contributed by atoms with Gasteiger partial charge in [0.05, 0.1) is 23.8 Å². The van der Waals surface area contributed by atoms with E-state index in [0.717, 1.165) is 0 Å². The van der Waals surface area contributed by atoms with E-state index in [4.69, 9.17) is 12.2 Å². The fourth-order valence-corrected chi connectivity index (χ4v) is 1.98. The molecule has 2 rings (SSSR count). The fraction of sp³-hybridized carbons (Fsp3) is 0.0625. The van der Waals surface area contributed by atoms with Gasteiger partial charge in [-0.1, -0.05) is 0 Å². The van der Waals surface area contributed by atoms with Crippen LogP contribution in [0.4, 0.5) is 11.4 Å². The summed E-state index contributed by atoms with van der Waals surface area (Å²) >= 11 is 5.10. The van der Waals surface area contributed by atoms with Crippen LogP contribution < -0.4 is 10.7 Å². The lowest BCUT2D eigenvalue weighted by Gasteiger charge is -2.07. The number of non-ortho nitro benzene ring substituents is 1. The van der Waals surface area contributed by atoms with E-state index >= 15 is 0 Å². The van der Waals surface area contributed by atoms with Gasteiger partial charge >= 0.3 is 5.97 Å². The highest BCUT2D eigenvalue weighted by Crippen LogP contribution is 2.11. The second-order valence-electron chi connectivity index (χ2n) is 4.74. The Balaban J connectivity index is 1.87. The number of ether oxygens (including phenoxy) is 1. The van der Waals surface area contributed by atoms with Gasteiger partial charge in [-0.05, 0) is 54.2 Å². The Morgan fingerprint density at radius 3 is 2.40 bits per heavy atom. The van der Waals surface area contributed by atoms with E-state index in [-0.39, 0.29) is 10.8 Å². The van der Waals surface area contributed by atoms with Crippen molar-refractivity contribution in [3.05, 3.63) is 69.8 Å². The molecule has 0 amide bonds. The van der Waals surface area contributed by atoms with Crippen LogP contribution in [0.15, 0.2) is 53.6 Å². The summed E-state index contributed by atoms with van der Waals surface area (Å²) in [6.45, 7) is 0. The van der Waals surface area contributed by atoms with E-state index in [2.05, 4.69) is 20.6 Å². The fourth-order valence-electron chi connectivity index (χ4n) is 1.81. The first kappa shape index (κ1) is 18.0. The number of rotatable bonds is 5. The maximum absolute atomic E-state index is 11.3. The van der Waals surface area contributed by atoms with Gasteiger partial charge in [0.2, 0.25) is 0 Å². The van der Waals surface area contributed by atoms with Crippen LogP contribution in [0.2, 0.25) is 0 Å². The molecule has 9 heteroatoms. The van der Waals surface area contributed by atoms with Crippen molar-refractivity contribution in [3.8, 4) is 0 Å². The highest BCUT2D eigenvalue weighted by molar-refractivity contribution is 7.80. The Morgan fingerprint density at radius 2 is 1.84 bits per heavy atom. The number of esters is 1. The molecular formula is C16H14N4O4S. The van der Waals surface area contributed by atoms with E-state index in [1.165, 1.54) is 25.5 Å². The number of carbonyl (C=O) groups excluding carboxylic acids is 1. The van der Waals surface area contributed by atoms with Crippen LogP contribution in [0.25, 0.3) is 0 Å². The molecule has 2 aromatic rings. The number of benzene rings is 2. The smallest absolute Gasteiger partial charge is 0.337 e. The molecule has 0 aliphatic rings. The summed E-state index contributed by atoms with van der Waals surface area (Å²) in [5, 5.41) is 17.7. The maximum atomic E-state index is 11.3. The SMILES string of the molecule is COC(=O)c1ccc(NC(=S)N/N=C/c2ccc([N+](=O)[O-])cc2)cc1. The summed E-state index contributed by atoms with van der Waals surface area (Å²) in [5.74, 6) is -0.417. The number of carbonyl (C=O) groups is 1. The lowest BCUT2D eigenvalue weighted by atomic mass is 10.2. The first-order chi connectivity index (χ1) is 12.0. The molecule has 0 saturated carbocycles. The summed E-state index contributed by atoms with van der Waals surface area (Å²) in [6.07, 6.45) is 1.48. The standard InChI is InChI=1S/C16H14N4O4S/c1-24-15(21)12-4-6-13(7-5-12)18-16(25)19-17-10-11-2-8-14(9-3-11)20(22)23/h2-10H,1H3,(H2,18,19,25)/b17-10+. The molecule has 0 aromatic heterocycles. The van der Waals surface area contributed by atoms with Crippen LogP contribution in [0.5, 0.6) is 0 Å². The largest absolute Gasteiger partial charge is 0.465 e. The number of thiocarbonyl (C=S) groups is 1. The van der Waals surface area contributed by atoms with E-state index in [1.54, 1.807) is 36.4 Å². The number of hydrogen-bond donors (Lipinski definition) is 2. The van der Waals surface area contributed by atoms with Gasteiger partial charge in [-0.15, -0.1) is 0 Å². The number of nitrogens with one attached hydrogen (secondary N) is 2. The molecule has 0 spiro atoms. The second kappa shape index (κ2) is 8.50. The molecule has 25 heavy (non-hydrogen) atoms. The van der Waals surface area contributed by atoms with Crippen molar-refractivity contribution >= 4 is 40.9 Å². The Morgan fingerprint density at radius 1 is 1.20 bits per heavy atom. The van der Waals surface area contributed by atoms with Crippen molar-refractivity contribution in [3.63, 3.8) is 0 Å². The van der Waals surface area contributed by atoms with Gasteiger partial charge in [-0.25, -0.2) is 4.79 Å². The molecule has 0 unspecified atom stereocenters. The Bertz CT molecular complexity index is 804. The average molecular weight is 358 g/mol. The topological polar surface area (TPSA) is 106 Å². The van der Waals surface area contributed by atoms with Crippen molar-refractivity contribution in [2.75, 3.05) is 12.4 Å². The maximum Gasteiger partial charge on any atom is 0.337 e. The van der Waals surface area contributed by atoms with Gasteiger partial charge in [-0.2, -0.15) is 5.10 Å². The number of nitro benzene ring substituents is 1. The lowest BCUT2D eigenvalue weighted by molar-refractivity contribution is -0.384. The zero-order valence-corrected chi connectivity index (χ0v) is 13.9. The first-order valence-electron chi connectivity index (χ1n) is 7.02. The summed E-state index contributed by atoms with van der Waals surface area (Å²) < 4.78 is 4.62. The third-order valence-corrected chi connectivity index (χ3v) is 3.24. The van der Waals surface area contributed by atoms with Crippen molar-refractivity contribution in [1.29, 1.82) is 0 Å². The van der Waals surface area contributed by atoms with Crippen molar-refractivity contribution < 1.29 is 14.5 Å². The molecule has 0 heterocycles. The number of hydrogen-bond acceptors (Lipinski definition) is 6. The molecular weight excluding hydrogens is 344 g/mol. The van der Waals surface area contributed by atoms with E-state index in [9.17, 15) is 14.9 Å². The Kier molecular flexibility index (Phi) is 6.13. The van der Waals surface area contributed by atoms with Crippen LogP contribution in [-0.4, -0.2) is 29.3 Å². The van der Waals surface area contributed by atoms with Crippen molar-refractivity contribution in [1.82, 2.24) is 5.43 Å². The predicted octanol–water partition coefficient (Wildman–Crippen LogP) is 2.70. The Hall–Kier alpha value is -3.33. The van der Waals surface area contributed by atoms with E-state index < -0.39 is 10.9 Å². The number of hydrazone groups is 1. The van der Waals surface area contributed by atoms with Crippen LogP contribution in [0.1, 0.15) is 15.9 Å². The van der Waals surface area contributed by atoms with Crippen LogP contribution >= 0.6 is 12.2 Å². The van der Waals surface area contributed by atoms with Crippen LogP contribution in [-0.2, 0) is 4.74 Å². The minimum atomic E-state index is -0.469. The molecule has 0 saturated heterocycles. The van der Waals surface area contributed by atoms with Gasteiger partial charge < -0.3 is 10.1 Å². The highest BCUT2D eigenvalue weighted by Gasteiger charge is 2.05. The number of nitrogens with zero attached hydrogens (tertiary/aromatic N) is 2. The Labute approximate surface area is 148 Å². The molecule has 0 atom stereocenters.